The number of allylic oxidation sites excluding steroid dienone is 2. The molecule has 10 heteroatoms. The van der Waals surface area contributed by atoms with Gasteiger partial charge in [-0.15, -0.1) is 0 Å². The smallest absolute Gasteiger partial charge is 0.213 e. The predicted molar refractivity (Wildman–Crippen MR) is 343 cm³/mol. The van der Waals surface area contributed by atoms with Crippen LogP contribution >= 0.6 is 0 Å². The summed E-state index contributed by atoms with van der Waals surface area (Å²) in [5, 5.41) is 11.6. The van der Waals surface area contributed by atoms with Gasteiger partial charge in [-0.3, -0.25) is 28.2 Å². The molecule has 10 heterocycles. The molecule has 10 aromatic heterocycles. The van der Waals surface area contributed by atoms with Gasteiger partial charge in [-0.25, -0.2) is 0 Å². The van der Waals surface area contributed by atoms with E-state index in [0.717, 1.165) is 126 Å². The van der Waals surface area contributed by atoms with Crippen LogP contribution in [0.3, 0.4) is 0 Å². The average Bonchev–Trinajstić information content (AvgIpc) is 1.57. The number of benzene rings is 7. The molecule has 0 bridgehead atoms. The summed E-state index contributed by atoms with van der Waals surface area (Å²) < 4.78 is 38.8. The molecular formula is C74H48N6O4. The minimum absolute atomic E-state index is 0.581. The van der Waals surface area contributed by atoms with Crippen LogP contribution in [0.5, 0.6) is 0 Å². The molecule has 0 fully saturated rings. The second-order valence-corrected chi connectivity index (χ2v) is 21.1. The summed E-state index contributed by atoms with van der Waals surface area (Å²) in [6, 6.07) is 62.8. The molecule has 0 aliphatic carbocycles. The van der Waals surface area contributed by atoms with Crippen LogP contribution in [0.25, 0.3) is 180 Å². The van der Waals surface area contributed by atoms with Crippen LogP contribution in [0.1, 0.15) is 25.2 Å². The van der Waals surface area contributed by atoms with Gasteiger partial charge in [-0.1, -0.05) is 159 Å². The van der Waals surface area contributed by atoms with Gasteiger partial charge in [0.15, 0.2) is 0 Å². The summed E-state index contributed by atoms with van der Waals surface area (Å²) in [7, 11) is 0. The first-order valence-electron chi connectivity index (χ1n) is 28.1. The summed E-state index contributed by atoms with van der Waals surface area (Å²) in [6.07, 6.45) is 15.7. The Morgan fingerprint density at radius 3 is 1.20 bits per heavy atom. The molecule has 0 saturated carbocycles. The summed E-state index contributed by atoms with van der Waals surface area (Å²) in [4.78, 5) is 10.9. The zero-order chi connectivity index (χ0) is 55.9. The Bertz CT molecular complexity index is 5810. The standard InChI is InChI=1S/C74H48N6O4/c1-5-25-47-57(8-4)81-71-61(47)43(7-3)53(26-6-2)77(71)67-65(51-33-21-23-41-75-51)66(52-34-22-24-42-76-52)68(78-54-35-15-9-27-44(54)62-48-30-12-18-38-58(48)82-72(62)78)70(80-56-37-17-11-29-46(56)64-50-32-14-20-40-60(50)84-74(64)80)69(67)79-55-36-16-10-28-45(55)63-49-31-13-19-39-59(49)83-73(63)79/h5-42H,2,4H2,1,3H3/b25-5-,43-7+,53-26+. The molecule has 0 spiro atoms. The minimum Gasteiger partial charge on any atom is -0.439 e. The van der Waals surface area contributed by atoms with Crippen LogP contribution in [0.15, 0.2) is 237 Å². The van der Waals surface area contributed by atoms with Crippen LogP contribution in [0.4, 0.5) is 0 Å². The van der Waals surface area contributed by atoms with Gasteiger partial charge in [0.1, 0.15) is 33.9 Å². The summed E-state index contributed by atoms with van der Waals surface area (Å²) in [6.45, 7) is 12.8. The summed E-state index contributed by atoms with van der Waals surface area (Å²) >= 11 is 0. The van der Waals surface area contributed by atoms with E-state index in [9.17, 15) is 0 Å². The van der Waals surface area contributed by atoms with Crippen LogP contribution in [-0.2, 0) is 0 Å². The highest BCUT2D eigenvalue weighted by Crippen LogP contribution is 2.55. The molecule has 0 radical (unpaired) electrons. The van der Waals surface area contributed by atoms with Crippen molar-refractivity contribution in [3.63, 3.8) is 0 Å². The van der Waals surface area contributed by atoms with Crippen molar-refractivity contribution in [3.8, 4) is 45.3 Å². The highest BCUT2D eigenvalue weighted by atomic mass is 16.4. The van der Waals surface area contributed by atoms with Crippen LogP contribution in [-0.4, -0.2) is 28.2 Å². The van der Waals surface area contributed by atoms with E-state index in [1.54, 1.807) is 6.08 Å². The lowest BCUT2D eigenvalue weighted by Gasteiger charge is -2.29. The zero-order valence-electron chi connectivity index (χ0n) is 45.7. The topological polar surface area (TPSA) is 98.1 Å². The number of hydrogen-bond acceptors (Lipinski definition) is 6. The number of pyridine rings is 2. The Labute approximate surface area is 478 Å². The molecule has 17 rings (SSSR count). The summed E-state index contributed by atoms with van der Waals surface area (Å²) in [5.74, 6) is 0.625. The van der Waals surface area contributed by atoms with Crippen molar-refractivity contribution < 1.29 is 17.7 Å². The first kappa shape index (κ1) is 47.4. The highest BCUT2D eigenvalue weighted by Gasteiger charge is 2.39. The number of rotatable bonds is 9. The van der Waals surface area contributed by atoms with Gasteiger partial charge < -0.3 is 17.7 Å². The molecule has 0 aliphatic rings. The van der Waals surface area contributed by atoms with Crippen molar-refractivity contribution in [1.29, 1.82) is 0 Å². The lowest BCUT2D eigenvalue weighted by Crippen LogP contribution is -2.30. The number of fused-ring (bicyclic) bond motifs is 16. The fourth-order valence-corrected chi connectivity index (χ4v) is 13.6. The van der Waals surface area contributed by atoms with Gasteiger partial charge in [0.2, 0.25) is 22.9 Å². The van der Waals surface area contributed by atoms with E-state index in [1.165, 1.54) is 0 Å². The Balaban J connectivity index is 1.28. The largest absolute Gasteiger partial charge is 0.439 e. The maximum absolute atomic E-state index is 7.44. The van der Waals surface area contributed by atoms with E-state index in [1.807, 2.05) is 92.1 Å². The third kappa shape index (κ3) is 6.33. The SMILES string of the molecule is C=C/C=c1\c(=C/C)c2c(/C=C\C)c(C=C)oc2n1-c1c(-c2ccccn2)c(-c2ccccn2)c(-n2c3ccccc3c3c4ccccc4oc32)c(-n2c3ccccc3c3c4ccccc4oc32)c1-n1c2ccccc2c2c3ccccc3oc21. The van der Waals surface area contributed by atoms with Crippen molar-refractivity contribution >= 4 is 134 Å². The molecule has 0 atom stereocenters. The molecule has 17 aromatic rings. The molecule has 0 saturated heterocycles. The Morgan fingerprint density at radius 2 is 0.798 bits per heavy atom. The van der Waals surface area contributed by atoms with E-state index in [0.29, 0.717) is 51.4 Å². The van der Waals surface area contributed by atoms with Crippen LogP contribution in [0, 0.1) is 0 Å². The molecule has 7 aromatic carbocycles. The average molecular weight is 1090 g/mol. The second kappa shape index (κ2) is 18.1. The molecule has 10 nitrogen and oxygen atoms in total. The van der Waals surface area contributed by atoms with Crippen LogP contribution in [0.2, 0.25) is 0 Å². The van der Waals surface area contributed by atoms with E-state index < -0.39 is 0 Å². The van der Waals surface area contributed by atoms with E-state index in [4.69, 9.17) is 27.6 Å². The van der Waals surface area contributed by atoms with Gasteiger partial charge in [-0.05, 0) is 86.7 Å². The van der Waals surface area contributed by atoms with E-state index in [-0.39, 0.29) is 0 Å². The van der Waals surface area contributed by atoms with Crippen molar-refractivity contribution in [1.82, 2.24) is 28.2 Å². The van der Waals surface area contributed by atoms with Crippen molar-refractivity contribution in [2.24, 2.45) is 0 Å². The Hall–Kier alpha value is -11.4. The molecule has 0 N–H and O–H groups in total. The second-order valence-electron chi connectivity index (χ2n) is 21.1. The quantitative estimate of drug-likeness (QED) is 0.143. The van der Waals surface area contributed by atoms with Crippen molar-refractivity contribution in [3.05, 3.63) is 242 Å². The third-order valence-electron chi connectivity index (χ3n) is 16.7. The fourth-order valence-electron chi connectivity index (χ4n) is 13.6. The Kier molecular flexibility index (Phi) is 10.2. The number of para-hydroxylation sites is 6. The fraction of sp³-hybridized carbons (Fsp3) is 0.0270. The van der Waals surface area contributed by atoms with E-state index >= 15 is 0 Å². The maximum Gasteiger partial charge on any atom is 0.213 e. The normalized spacial score (nSPS) is 12.8. The predicted octanol–water partition coefficient (Wildman–Crippen LogP) is 18.3. The van der Waals surface area contributed by atoms with Gasteiger partial charge in [0.05, 0.1) is 66.2 Å². The van der Waals surface area contributed by atoms with Gasteiger partial charge in [0.25, 0.3) is 0 Å². The number of nitrogens with zero attached hydrogens (tertiary/aromatic N) is 6. The lowest BCUT2D eigenvalue weighted by molar-refractivity contribution is 0.580. The van der Waals surface area contributed by atoms with Gasteiger partial charge in [-0.2, -0.15) is 0 Å². The Morgan fingerprint density at radius 1 is 0.405 bits per heavy atom. The molecule has 0 aliphatic heterocycles. The molecule has 0 unspecified atom stereocenters. The van der Waals surface area contributed by atoms with Crippen molar-refractivity contribution in [2.75, 3.05) is 0 Å². The van der Waals surface area contributed by atoms with Gasteiger partial charge in [0, 0.05) is 66.6 Å². The zero-order valence-corrected chi connectivity index (χ0v) is 45.7. The van der Waals surface area contributed by atoms with E-state index in [2.05, 4.69) is 178 Å². The summed E-state index contributed by atoms with van der Waals surface area (Å²) in [5.41, 5.74) is 14.1. The highest BCUT2D eigenvalue weighted by molar-refractivity contribution is 6.24. The van der Waals surface area contributed by atoms with Crippen molar-refractivity contribution in [2.45, 2.75) is 13.8 Å². The lowest BCUT2D eigenvalue weighted by atomic mass is 9.92. The molecule has 0 amide bonds. The molecule has 398 valence electrons. The third-order valence-corrected chi connectivity index (χ3v) is 16.7. The maximum atomic E-state index is 7.44. The first-order valence-corrected chi connectivity index (χ1v) is 28.1. The number of aromatic nitrogens is 6. The van der Waals surface area contributed by atoms with Gasteiger partial charge >= 0.3 is 0 Å². The minimum atomic E-state index is 0.581. The molecular weight excluding hydrogens is 1040 g/mol. The molecule has 84 heavy (non-hydrogen) atoms. The monoisotopic (exact) mass is 1080 g/mol. The number of hydrogen-bond donors (Lipinski definition) is 0. The number of furan rings is 4. The first-order chi connectivity index (χ1) is 41.6. The van der Waals surface area contributed by atoms with Crippen LogP contribution < -0.4 is 10.6 Å².